The number of hydrogen-bond donors (Lipinski definition) is 2. The van der Waals surface area contributed by atoms with Crippen LogP contribution in [0.3, 0.4) is 0 Å². The van der Waals surface area contributed by atoms with Gasteiger partial charge in [-0.15, -0.1) is 0 Å². The van der Waals surface area contributed by atoms with Crippen LogP contribution in [0.25, 0.3) is 0 Å². The van der Waals surface area contributed by atoms with Gasteiger partial charge in [-0.25, -0.2) is 0 Å². The van der Waals surface area contributed by atoms with Gasteiger partial charge in [0, 0.05) is 32.3 Å². The number of nitrogens with one attached hydrogen (secondary N) is 1. The van der Waals surface area contributed by atoms with Crippen LogP contribution in [0.5, 0.6) is 0 Å². The molecule has 5 nitrogen and oxygen atoms in total. The van der Waals surface area contributed by atoms with E-state index in [0.29, 0.717) is 19.8 Å². The third-order valence-electron chi connectivity index (χ3n) is 2.55. The van der Waals surface area contributed by atoms with Gasteiger partial charge < -0.3 is 15.2 Å². The van der Waals surface area contributed by atoms with Crippen LogP contribution in [0, 0.1) is 0 Å². The monoisotopic (exact) mass is 308 g/mol. The molecule has 0 aliphatic carbocycles. The van der Waals surface area contributed by atoms with Crippen molar-refractivity contribution in [2.24, 2.45) is 0 Å². The topological polar surface area (TPSA) is 61.8 Å². The highest BCUT2D eigenvalue weighted by atomic mass is 35.5. The van der Waals surface area contributed by atoms with E-state index in [1.165, 1.54) is 18.2 Å². The zero-order chi connectivity index (χ0) is 14.1. The van der Waals surface area contributed by atoms with Crippen molar-refractivity contribution in [3.63, 3.8) is 0 Å². The highest BCUT2D eigenvalue weighted by Gasteiger charge is 2.14. The SMILES string of the molecule is O=C(/C=C/C=C(Cl)Cl)NCC(O)CN1CCOCC1. The molecule has 2 N–H and O–H groups in total. The lowest BCUT2D eigenvalue weighted by Crippen LogP contribution is -2.44. The Kier molecular flexibility index (Phi) is 8.09. The van der Waals surface area contributed by atoms with Gasteiger partial charge in [0.25, 0.3) is 0 Å². The van der Waals surface area contributed by atoms with Gasteiger partial charge in [-0.05, 0) is 6.08 Å². The number of hydrogen-bond acceptors (Lipinski definition) is 4. The summed E-state index contributed by atoms with van der Waals surface area (Å²) < 4.78 is 5.29. The van der Waals surface area contributed by atoms with Crippen molar-refractivity contribution in [3.8, 4) is 0 Å². The number of amides is 1. The first kappa shape index (κ1) is 16.5. The average molecular weight is 309 g/mol. The van der Waals surface area contributed by atoms with Crippen LogP contribution in [0.2, 0.25) is 0 Å². The Balaban J connectivity index is 2.18. The molecule has 0 bridgehead atoms. The molecule has 0 aromatic rings. The zero-order valence-corrected chi connectivity index (χ0v) is 12.0. The fourth-order valence-corrected chi connectivity index (χ4v) is 1.78. The Bertz CT molecular complexity index is 338. The Hall–Kier alpha value is -0.590. The molecule has 1 amide bonds. The maximum Gasteiger partial charge on any atom is 0.244 e. The molecule has 1 rings (SSSR count). The number of allylic oxidation sites excluding steroid dienone is 2. The van der Waals surface area contributed by atoms with E-state index in [-0.39, 0.29) is 16.9 Å². The summed E-state index contributed by atoms with van der Waals surface area (Å²) >= 11 is 10.8. The molecule has 108 valence electrons. The number of morpholine rings is 1. The van der Waals surface area contributed by atoms with Crippen molar-refractivity contribution in [1.29, 1.82) is 0 Å². The summed E-state index contributed by atoms with van der Waals surface area (Å²) in [6.45, 7) is 3.73. The van der Waals surface area contributed by atoms with Gasteiger partial charge in [0.15, 0.2) is 0 Å². The van der Waals surface area contributed by atoms with E-state index in [1.54, 1.807) is 0 Å². The third kappa shape index (κ3) is 8.23. The fraction of sp³-hybridized carbons (Fsp3) is 0.583. The second-order valence-electron chi connectivity index (χ2n) is 4.13. The molecule has 0 saturated carbocycles. The summed E-state index contributed by atoms with van der Waals surface area (Å²) in [5.74, 6) is -0.299. The van der Waals surface area contributed by atoms with Crippen LogP contribution in [0.1, 0.15) is 0 Å². The van der Waals surface area contributed by atoms with Crippen LogP contribution in [0.15, 0.2) is 22.7 Å². The van der Waals surface area contributed by atoms with Crippen LogP contribution in [-0.2, 0) is 9.53 Å². The number of carbonyl (C=O) groups excluding carboxylic acids is 1. The minimum absolute atomic E-state index is 0.0800. The van der Waals surface area contributed by atoms with Gasteiger partial charge in [0.2, 0.25) is 5.91 Å². The normalized spacial score (nSPS) is 18.3. The number of carbonyl (C=O) groups is 1. The Morgan fingerprint density at radius 1 is 1.42 bits per heavy atom. The van der Waals surface area contributed by atoms with Crippen LogP contribution in [-0.4, -0.2) is 61.4 Å². The number of aliphatic hydroxyl groups excluding tert-OH is 1. The molecular weight excluding hydrogens is 291 g/mol. The number of rotatable bonds is 6. The molecule has 1 aliphatic heterocycles. The van der Waals surface area contributed by atoms with E-state index in [9.17, 15) is 9.90 Å². The van der Waals surface area contributed by atoms with E-state index in [1.807, 2.05) is 0 Å². The molecule has 0 aromatic carbocycles. The minimum Gasteiger partial charge on any atom is -0.390 e. The molecule has 1 unspecified atom stereocenters. The van der Waals surface area contributed by atoms with E-state index < -0.39 is 6.10 Å². The first-order valence-corrected chi connectivity index (χ1v) is 6.79. The smallest absolute Gasteiger partial charge is 0.244 e. The lowest BCUT2D eigenvalue weighted by molar-refractivity contribution is -0.117. The van der Waals surface area contributed by atoms with Crippen molar-refractivity contribution in [3.05, 3.63) is 22.7 Å². The third-order valence-corrected chi connectivity index (χ3v) is 2.81. The molecule has 1 heterocycles. The van der Waals surface area contributed by atoms with Gasteiger partial charge in [0.05, 0.1) is 19.3 Å². The van der Waals surface area contributed by atoms with Crippen molar-refractivity contribution in [1.82, 2.24) is 10.2 Å². The highest BCUT2D eigenvalue weighted by Crippen LogP contribution is 2.05. The van der Waals surface area contributed by atoms with E-state index in [2.05, 4.69) is 10.2 Å². The molecule has 7 heteroatoms. The van der Waals surface area contributed by atoms with Crippen molar-refractivity contribution < 1.29 is 14.6 Å². The Morgan fingerprint density at radius 2 is 2.11 bits per heavy atom. The predicted molar refractivity (Wildman–Crippen MR) is 75.2 cm³/mol. The summed E-state index contributed by atoms with van der Waals surface area (Å²) in [6, 6.07) is 0. The van der Waals surface area contributed by atoms with Gasteiger partial charge in [-0.2, -0.15) is 0 Å². The van der Waals surface area contributed by atoms with Gasteiger partial charge in [-0.1, -0.05) is 29.3 Å². The van der Waals surface area contributed by atoms with Gasteiger partial charge in [0.1, 0.15) is 4.49 Å². The van der Waals surface area contributed by atoms with Gasteiger partial charge in [-0.3, -0.25) is 9.69 Å². The predicted octanol–water partition coefficient (Wildman–Crippen LogP) is 0.671. The number of aliphatic hydroxyl groups is 1. The maximum absolute atomic E-state index is 11.4. The number of ether oxygens (including phenoxy) is 1. The Morgan fingerprint density at radius 3 is 2.74 bits per heavy atom. The fourth-order valence-electron chi connectivity index (χ4n) is 1.63. The van der Waals surface area contributed by atoms with Crippen LogP contribution < -0.4 is 5.32 Å². The summed E-state index contributed by atoms with van der Waals surface area (Å²) in [7, 11) is 0. The highest BCUT2D eigenvalue weighted by molar-refractivity contribution is 6.56. The first-order valence-electron chi connectivity index (χ1n) is 6.03. The second kappa shape index (κ2) is 9.34. The summed E-state index contributed by atoms with van der Waals surface area (Å²) in [5, 5.41) is 12.4. The molecule has 1 fully saturated rings. The molecule has 0 aromatic heterocycles. The van der Waals surface area contributed by atoms with E-state index in [4.69, 9.17) is 27.9 Å². The van der Waals surface area contributed by atoms with Gasteiger partial charge >= 0.3 is 0 Å². The van der Waals surface area contributed by atoms with E-state index >= 15 is 0 Å². The first-order chi connectivity index (χ1) is 9.08. The standard InChI is InChI=1S/C12H18Cl2N2O3/c13-11(14)2-1-3-12(18)15-8-10(17)9-16-4-6-19-7-5-16/h1-3,10,17H,4-9H2,(H,15,18)/b3-1+. The summed E-state index contributed by atoms with van der Waals surface area (Å²) in [5.41, 5.74) is 0. The minimum atomic E-state index is -0.595. The molecule has 1 atom stereocenters. The quantitative estimate of drug-likeness (QED) is 0.559. The molecule has 0 spiro atoms. The number of β-amino-alcohol motifs (C(OH)–C–C–N with tert-alkyl or cyclic N) is 1. The number of halogens is 2. The maximum atomic E-state index is 11.4. The average Bonchev–Trinajstić information content (AvgIpc) is 2.37. The van der Waals surface area contributed by atoms with E-state index in [0.717, 1.165) is 13.1 Å². The molecular formula is C12H18Cl2N2O3. The summed E-state index contributed by atoms with van der Waals surface area (Å²) in [6.07, 6.45) is 3.54. The van der Waals surface area contributed by atoms with Crippen LogP contribution >= 0.6 is 23.2 Å². The molecule has 1 aliphatic rings. The molecule has 19 heavy (non-hydrogen) atoms. The molecule has 0 radical (unpaired) electrons. The summed E-state index contributed by atoms with van der Waals surface area (Å²) in [4.78, 5) is 13.5. The molecule has 1 saturated heterocycles. The lowest BCUT2D eigenvalue weighted by Gasteiger charge is -2.28. The van der Waals surface area contributed by atoms with Crippen molar-refractivity contribution >= 4 is 29.1 Å². The lowest BCUT2D eigenvalue weighted by atomic mass is 10.3. The zero-order valence-electron chi connectivity index (χ0n) is 10.5. The Labute approximate surface area is 122 Å². The van der Waals surface area contributed by atoms with Crippen molar-refractivity contribution in [2.75, 3.05) is 39.4 Å². The number of nitrogens with zero attached hydrogens (tertiary/aromatic N) is 1. The van der Waals surface area contributed by atoms with Crippen molar-refractivity contribution in [2.45, 2.75) is 6.10 Å². The largest absolute Gasteiger partial charge is 0.390 e. The second-order valence-corrected chi connectivity index (χ2v) is 5.14. The van der Waals surface area contributed by atoms with Crippen LogP contribution in [0.4, 0.5) is 0 Å².